The van der Waals surface area contributed by atoms with Crippen molar-refractivity contribution in [2.45, 2.75) is 64.0 Å². The Bertz CT molecular complexity index is 404. The van der Waals surface area contributed by atoms with Gasteiger partial charge in [-0.25, -0.2) is 4.98 Å². The first kappa shape index (κ1) is 11.7. The third kappa shape index (κ3) is 2.27. The smallest absolute Gasteiger partial charge is 0.113 e. The maximum absolute atomic E-state index is 4.88. The molecule has 2 aliphatic rings. The van der Waals surface area contributed by atoms with Crippen molar-refractivity contribution in [2.75, 3.05) is 0 Å². The molecule has 1 unspecified atom stereocenters. The van der Waals surface area contributed by atoms with E-state index >= 15 is 0 Å². The van der Waals surface area contributed by atoms with Crippen LogP contribution in [0, 0.1) is 5.92 Å². The molecular weight excluding hydrogens is 228 g/mol. The van der Waals surface area contributed by atoms with Crippen LogP contribution in [0.5, 0.6) is 0 Å². The van der Waals surface area contributed by atoms with Crippen molar-refractivity contribution in [2.24, 2.45) is 5.92 Å². The molecule has 0 amide bonds. The van der Waals surface area contributed by atoms with Crippen molar-refractivity contribution in [1.82, 2.24) is 10.3 Å². The van der Waals surface area contributed by atoms with Gasteiger partial charge in [-0.15, -0.1) is 11.3 Å². The Morgan fingerprint density at radius 2 is 2.06 bits per heavy atom. The van der Waals surface area contributed by atoms with Crippen LogP contribution in [0.2, 0.25) is 0 Å². The van der Waals surface area contributed by atoms with Crippen molar-refractivity contribution in [3.8, 4) is 0 Å². The standard InChI is InChI=1S/C14H22N2S/c1-9(2)12-8-17-13(15-12)14(3,10-4-5-10)16-11-6-7-11/h8-11,16H,4-7H2,1-3H3. The van der Waals surface area contributed by atoms with Gasteiger partial charge in [0.05, 0.1) is 11.2 Å². The Morgan fingerprint density at radius 3 is 2.53 bits per heavy atom. The number of thiazole rings is 1. The quantitative estimate of drug-likeness (QED) is 0.863. The summed E-state index contributed by atoms with van der Waals surface area (Å²) in [5, 5.41) is 7.41. The van der Waals surface area contributed by atoms with Crippen LogP contribution in [0.25, 0.3) is 0 Å². The first-order chi connectivity index (χ1) is 8.09. The molecule has 1 aromatic heterocycles. The van der Waals surface area contributed by atoms with Crippen LogP contribution in [-0.4, -0.2) is 11.0 Å². The van der Waals surface area contributed by atoms with Crippen molar-refractivity contribution in [3.63, 3.8) is 0 Å². The summed E-state index contributed by atoms with van der Waals surface area (Å²) in [5.41, 5.74) is 1.41. The second kappa shape index (κ2) is 4.06. The molecule has 17 heavy (non-hydrogen) atoms. The predicted octanol–water partition coefficient (Wildman–Crippen LogP) is 3.64. The first-order valence-electron chi connectivity index (χ1n) is 6.83. The van der Waals surface area contributed by atoms with Crippen LogP contribution in [0.3, 0.4) is 0 Å². The number of nitrogens with zero attached hydrogens (tertiary/aromatic N) is 1. The van der Waals surface area contributed by atoms with Crippen LogP contribution in [0.1, 0.15) is 63.1 Å². The maximum atomic E-state index is 4.88. The van der Waals surface area contributed by atoms with Gasteiger partial charge >= 0.3 is 0 Å². The van der Waals surface area contributed by atoms with Crippen LogP contribution >= 0.6 is 11.3 Å². The molecule has 2 aliphatic carbocycles. The van der Waals surface area contributed by atoms with Gasteiger partial charge in [-0.2, -0.15) is 0 Å². The van der Waals surface area contributed by atoms with Gasteiger partial charge in [0.1, 0.15) is 5.01 Å². The van der Waals surface area contributed by atoms with Crippen molar-refractivity contribution >= 4 is 11.3 Å². The van der Waals surface area contributed by atoms with Crippen LogP contribution in [0.15, 0.2) is 5.38 Å². The Hall–Kier alpha value is -0.410. The average molecular weight is 250 g/mol. The third-order valence-corrected chi connectivity index (χ3v) is 5.13. The van der Waals surface area contributed by atoms with E-state index in [2.05, 4.69) is 31.5 Å². The lowest BCUT2D eigenvalue weighted by Gasteiger charge is -2.29. The van der Waals surface area contributed by atoms with E-state index in [1.807, 2.05) is 11.3 Å². The van der Waals surface area contributed by atoms with Gasteiger partial charge in [0, 0.05) is 11.4 Å². The highest BCUT2D eigenvalue weighted by Crippen LogP contribution is 2.48. The number of aromatic nitrogens is 1. The molecule has 3 rings (SSSR count). The van der Waals surface area contributed by atoms with Gasteiger partial charge in [-0.3, -0.25) is 0 Å². The molecule has 1 aromatic rings. The first-order valence-corrected chi connectivity index (χ1v) is 7.71. The van der Waals surface area contributed by atoms with E-state index in [-0.39, 0.29) is 5.54 Å². The molecule has 2 nitrogen and oxygen atoms in total. The van der Waals surface area contributed by atoms with Crippen LogP contribution < -0.4 is 5.32 Å². The fourth-order valence-electron chi connectivity index (χ4n) is 2.46. The zero-order chi connectivity index (χ0) is 12.0. The lowest BCUT2D eigenvalue weighted by molar-refractivity contribution is 0.313. The zero-order valence-corrected chi connectivity index (χ0v) is 11.8. The lowest BCUT2D eigenvalue weighted by atomic mass is 9.96. The molecule has 0 aliphatic heterocycles. The SMILES string of the molecule is CC(C)c1csc(C(C)(NC2CC2)C2CC2)n1. The van der Waals surface area contributed by atoms with E-state index in [1.165, 1.54) is 36.4 Å². The van der Waals surface area contributed by atoms with E-state index in [9.17, 15) is 0 Å². The summed E-state index contributed by atoms with van der Waals surface area (Å²) in [4.78, 5) is 4.88. The molecule has 0 spiro atoms. The summed E-state index contributed by atoms with van der Waals surface area (Å²) in [5.74, 6) is 1.36. The van der Waals surface area contributed by atoms with Gasteiger partial charge in [-0.1, -0.05) is 13.8 Å². The summed E-state index contributed by atoms with van der Waals surface area (Å²) < 4.78 is 0. The molecule has 94 valence electrons. The molecule has 0 aromatic carbocycles. The molecule has 2 saturated carbocycles. The summed E-state index contributed by atoms with van der Waals surface area (Å²) in [6.07, 6.45) is 5.44. The molecular formula is C14H22N2S. The molecule has 1 heterocycles. The highest BCUT2D eigenvalue weighted by Gasteiger charge is 2.47. The molecule has 1 atom stereocenters. The van der Waals surface area contributed by atoms with Crippen molar-refractivity contribution in [3.05, 3.63) is 16.1 Å². The number of nitrogens with one attached hydrogen (secondary N) is 1. The van der Waals surface area contributed by atoms with Gasteiger partial charge in [0.2, 0.25) is 0 Å². The van der Waals surface area contributed by atoms with E-state index in [0.29, 0.717) is 5.92 Å². The minimum atomic E-state index is 0.152. The number of hydrogen-bond donors (Lipinski definition) is 1. The fourth-order valence-corrected chi connectivity index (χ4v) is 3.64. The highest BCUT2D eigenvalue weighted by molar-refractivity contribution is 7.09. The maximum Gasteiger partial charge on any atom is 0.113 e. The van der Waals surface area contributed by atoms with Crippen molar-refractivity contribution < 1.29 is 0 Å². The Labute approximate surface area is 108 Å². The van der Waals surface area contributed by atoms with E-state index in [1.54, 1.807) is 0 Å². The van der Waals surface area contributed by atoms with E-state index in [4.69, 9.17) is 4.98 Å². The second-order valence-electron chi connectivity index (χ2n) is 6.13. The highest BCUT2D eigenvalue weighted by atomic mass is 32.1. The molecule has 3 heteroatoms. The van der Waals surface area contributed by atoms with Crippen LogP contribution in [0.4, 0.5) is 0 Å². The molecule has 2 fully saturated rings. The molecule has 0 bridgehead atoms. The van der Waals surface area contributed by atoms with Crippen molar-refractivity contribution in [1.29, 1.82) is 0 Å². The van der Waals surface area contributed by atoms with E-state index in [0.717, 1.165) is 12.0 Å². The predicted molar refractivity (Wildman–Crippen MR) is 72.4 cm³/mol. The van der Waals surface area contributed by atoms with Gasteiger partial charge in [-0.05, 0) is 44.4 Å². The summed E-state index contributed by atoms with van der Waals surface area (Å²) in [6.45, 7) is 6.81. The zero-order valence-electron chi connectivity index (χ0n) is 11.0. The average Bonchev–Trinajstić information content (AvgIpc) is 3.18. The van der Waals surface area contributed by atoms with Gasteiger partial charge < -0.3 is 5.32 Å². The fraction of sp³-hybridized carbons (Fsp3) is 0.786. The Kier molecular flexibility index (Phi) is 2.79. The molecule has 1 N–H and O–H groups in total. The topological polar surface area (TPSA) is 24.9 Å². The largest absolute Gasteiger partial charge is 0.303 e. The van der Waals surface area contributed by atoms with Gasteiger partial charge in [0.15, 0.2) is 0 Å². The Balaban J connectivity index is 1.85. The van der Waals surface area contributed by atoms with E-state index < -0.39 is 0 Å². The summed E-state index contributed by atoms with van der Waals surface area (Å²) in [7, 11) is 0. The Morgan fingerprint density at radius 1 is 1.35 bits per heavy atom. The minimum absolute atomic E-state index is 0.152. The lowest BCUT2D eigenvalue weighted by Crippen LogP contribution is -2.43. The number of hydrogen-bond acceptors (Lipinski definition) is 3. The third-order valence-electron chi connectivity index (χ3n) is 4.03. The normalized spacial score (nSPS) is 24.0. The minimum Gasteiger partial charge on any atom is -0.303 e. The number of rotatable bonds is 5. The molecule has 0 radical (unpaired) electrons. The second-order valence-corrected chi connectivity index (χ2v) is 6.99. The monoisotopic (exact) mass is 250 g/mol. The summed E-state index contributed by atoms with van der Waals surface area (Å²) in [6, 6.07) is 0.756. The summed E-state index contributed by atoms with van der Waals surface area (Å²) >= 11 is 1.85. The van der Waals surface area contributed by atoms with Gasteiger partial charge in [0.25, 0.3) is 0 Å². The molecule has 0 saturated heterocycles. The van der Waals surface area contributed by atoms with Crippen LogP contribution in [-0.2, 0) is 5.54 Å².